The average molecular weight is 561 g/mol. The number of nitrogens with one attached hydrogen (secondary N) is 1. The maximum Gasteiger partial charge on any atom is 0.349 e. The predicted molar refractivity (Wildman–Crippen MR) is 139 cm³/mol. The number of hydrogen-bond acceptors (Lipinski definition) is 11. The number of pyridine rings is 1. The van der Waals surface area contributed by atoms with Crippen LogP contribution in [-0.2, 0) is 31.6 Å². The number of nitrogens with zero attached hydrogens (tertiary/aromatic N) is 3. The van der Waals surface area contributed by atoms with Gasteiger partial charge in [-0.3, -0.25) is 34.8 Å². The number of amides is 1. The summed E-state index contributed by atoms with van der Waals surface area (Å²) in [7, 11) is -3.60. The minimum Gasteiger partial charge on any atom is -0.426 e. The molecule has 2 heterocycles. The summed E-state index contributed by atoms with van der Waals surface area (Å²) < 4.78 is 29.1. The van der Waals surface area contributed by atoms with Gasteiger partial charge in [0.15, 0.2) is 15.0 Å². The molecule has 38 heavy (non-hydrogen) atoms. The number of sulfone groups is 1. The van der Waals surface area contributed by atoms with Gasteiger partial charge in [-0.15, -0.1) is 0 Å². The molecule has 0 bridgehead atoms. The highest BCUT2D eigenvalue weighted by atomic mass is 32.2. The average Bonchev–Trinajstić information content (AvgIpc) is 3.28. The third-order valence-corrected chi connectivity index (χ3v) is 7.82. The van der Waals surface area contributed by atoms with Crippen LogP contribution in [0, 0.1) is 10.1 Å². The summed E-state index contributed by atoms with van der Waals surface area (Å²) in [6.45, 7) is 1.41. The van der Waals surface area contributed by atoms with Crippen molar-refractivity contribution in [2.24, 2.45) is 0 Å². The second kappa shape index (κ2) is 13.0. The molecular weight excluding hydrogens is 536 g/mol. The first kappa shape index (κ1) is 28.5. The van der Waals surface area contributed by atoms with Crippen molar-refractivity contribution in [2.75, 3.05) is 11.1 Å². The molecule has 1 N–H and O–H groups in total. The van der Waals surface area contributed by atoms with E-state index in [1.807, 2.05) is 0 Å². The van der Waals surface area contributed by atoms with E-state index < -0.39 is 37.4 Å². The molecule has 1 aromatic carbocycles. The molecule has 0 fully saturated rings. The van der Waals surface area contributed by atoms with Crippen LogP contribution in [0.15, 0.2) is 48.8 Å². The van der Waals surface area contributed by atoms with Crippen LogP contribution in [-0.4, -0.2) is 46.7 Å². The number of para-hydroxylation sites is 1. The summed E-state index contributed by atoms with van der Waals surface area (Å²) in [6.07, 6.45) is 3.86. The van der Waals surface area contributed by atoms with Crippen LogP contribution >= 0.6 is 11.3 Å². The molecule has 2 aromatic heterocycles. The number of aromatic nitrogens is 2. The number of carbonyl (C=O) groups is 3. The van der Waals surface area contributed by atoms with Gasteiger partial charge in [-0.2, -0.15) is 0 Å². The van der Waals surface area contributed by atoms with E-state index in [2.05, 4.69) is 15.3 Å². The minimum atomic E-state index is -3.60. The quantitative estimate of drug-likeness (QED) is 0.141. The van der Waals surface area contributed by atoms with E-state index in [1.165, 1.54) is 25.1 Å². The zero-order valence-corrected chi connectivity index (χ0v) is 21.9. The maximum absolute atomic E-state index is 12.9. The number of ether oxygens (including phenoxy) is 1. The first-order valence-electron chi connectivity index (χ1n) is 11.4. The third kappa shape index (κ3) is 8.24. The number of thiazole rings is 1. The van der Waals surface area contributed by atoms with E-state index in [9.17, 15) is 32.9 Å². The topological polar surface area (TPSA) is 176 Å². The van der Waals surface area contributed by atoms with Crippen LogP contribution < -0.4 is 10.1 Å². The van der Waals surface area contributed by atoms with E-state index in [1.54, 1.807) is 30.6 Å². The number of rotatable bonds is 13. The summed E-state index contributed by atoms with van der Waals surface area (Å²) in [5.41, 5.74) is 0.636. The summed E-state index contributed by atoms with van der Waals surface area (Å²) in [5, 5.41) is 13.1. The van der Waals surface area contributed by atoms with Crippen molar-refractivity contribution in [1.29, 1.82) is 0 Å². The SMILES string of the molecule is CCS(=O)(=O)Cc1nc(NC(=O)c2ccccc2OC(=O)CCC(=O)CCc2ccncc2)sc1[N+](=O)[O-]. The van der Waals surface area contributed by atoms with Gasteiger partial charge < -0.3 is 4.74 Å². The largest absolute Gasteiger partial charge is 0.426 e. The van der Waals surface area contributed by atoms with E-state index in [0.717, 1.165) is 5.56 Å². The number of aryl methyl sites for hydroxylation is 1. The Labute approximate surface area is 222 Å². The van der Waals surface area contributed by atoms with Crippen LogP contribution in [0.4, 0.5) is 10.1 Å². The Bertz CT molecular complexity index is 1440. The third-order valence-electron chi connectivity index (χ3n) is 5.26. The van der Waals surface area contributed by atoms with Gasteiger partial charge in [-0.05, 0) is 47.6 Å². The summed E-state index contributed by atoms with van der Waals surface area (Å²) >= 11 is 0.521. The van der Waals surface area contributed by atoms with Crippen LogP contribution in [0.2, 0.25) is 0 Å². The van der Waals surface area contributed by atoms with Crippen molar-refractivity contribution < 1.29 is 32.5 Å². The zero-order chi connectivity index (χ0) is 27.7. The molecule has 0 unspecified atom stereocenters. The minimum absolute atomic E-state index is 0.0233. The van der Waals surface area contributed by atoms with Crippen molar-refractivity contribution in [2.45, 2.75) is 38.4 Å². The molecule has 0 aliphatic carbocycles. The number of benzene rings is 1. The standard InChI is InChI=1S/C24H24N4O8S2/c1-2-38(34,35)15-19-23(28(32)33)37-24(26-19)27-22(31)18-5-3-4-6-20(18)36-21(30)10-9-17(29)8-7-16-11-13-25-14-12-16/h3-6,11-14H,2,7-10,15H2,1H3,(H,26,27,31). The molecule has 0 saturated heterocycles. The Morgan fingerprint density at radius 1 is 1.08 bits per heavy atom. The molecule has 200 valence electrons. The van der Waals surface area contributed by atoms with Crippen molar-refractivity contribution in [3.63, 3.8) is 0 Å². The second-order valence-corrected chi connectivity index (χ2v) is 11.4. The Hall–Kier alpha value is -4.04. The second-order valence-electron chi connectivity index (χ2n) is 8.02. The monoisotopic (exact) mass is 560 g/mol. The van der Waals surface area contributed by atoms with E-state index in [4.69, 9.17) is 4.74 Å². The van der Waals surface area contributed by atoms with Gasteiger partial charge >= 0.3 is 11.0 Å². The fourth-order valence-electron chi connectivity index (χ4n) is 3.23. The smallest absolute Gasteiger partial charge is 0.349 e. The number of esters is 1. The molecule has 0 aliphatic heterocycles. The van der Waals surface area contributed by atoms with Crippen LogP contribution in [0.5, 0.6) is 5.75 Å². The molecule has 0 saturated carbocycles. The predicted octanol–water partition coefficient (Wildman–Crippen LogP) is 3.52. The van der Waals surface area contributed by atoms with Gasteiger partial charge in [0, 0.05) is 31.0 Å². The molecule has 1 amide bonds. The molecule has 14 heteroatoms. The zero-order valence-electron chi connectivity index (χ0n) is 20.3. The number of ketones is 1. The van der Waals surface area contributed by atoms with Gasteiger partial charge in [-0.1, -0.05) is 19.1 Å². The van der Waals surface area contributed by atoms with Crippen molar-refractivity contribution in [3.05, 3.63) is 75.7 Å². The van der Waals surface area contributed by atoms with Gasteiger partial charge in [-0.25, -0.2) is 13.4 Å². The highest BCUT2D eigenvalue weighted by Crippen LogP contribution is 2.32. The lowest BCUT2D eigenvalue weighted by Gasteiger charge is -2.09. The summed E-state index contributed by atoms with van der Waals surface area (Å²) in [5.74, 6) is -2.52. The van der Waals surface area contributed by atoms with Crippen molar-refractivity contribution in [1.82, 2.24) is 9.97 Å². The number of carbonyl (C=O) groups excluding carboxylic acids is 3. The van der Waals surface area contributed by atoms with Gasteiger partial charge in [0.25, 0.3) is 5.91 Å². The molecule has 0 aliphatic rings. The first-order valence-corrected chi connectivity index (χ1v) is 14.1. The molecule has 0 spiro atoms. The maximum atomic E-state index is 12.9. The van der Waals surface area contributed by atoms with Gasteiger partial charge in [0.1, 0.15) is 23.0 Å². The Morgan fingerprint density at radius 2 is 1.79 bits per heavy atom. The lowest BCUT2D eigenvalue weighted by Crippen LogP contribution is -2.16. The van der Waals surface area contributed by atoms with Crippen LogP contribution in [0.1, 0.15) is 47.8 Å². The summed E-state index contributed by atoms with van der Waals surface area (Å²) in [6, 6.07) is 9.45. The number of anilines is 1. The molecule has 12 nitrogen and oxygen atoms in total. The highest BCUT2D eigenvalue weighted by Gasteiger charge is 2.27. The number of hydrogen-bond donors (Lipinski definition) is 1. The number of nitro groups is 1. The normalized spacial score (nSPS) is 11.1. The van der Waals surface area contributed by atoms with Gasteiger partial charge in [0.05, 0.1) is 16.9 Å². The fraction of sp³-hybridized carbons (Fsp3) is 0.292. The molecule has 3 rings (SSSR count). The van der Waals surface area contributed by atoms with Crippen LogP contribution in [0.3, 0.4) is 0 Å². The molecular formula is C24H24N4O8S2. The van der Waals surface area contributed by atoms with E-state index >= 15 is 0 Å². The Balaban J connectivity index is 1.62. The highest BCUT2D eigenvalue weighted by molar-refractivity contribution is 7.90. The molecule has 0 atom stereocenters. The lowest BCUT2D eigenvalue weighted by molar-refractivity contribution is -0.381. The van der Waals surface area contributed by atoms with Crippen molar-refractivity contribution >= 4 is 49.0 Å². The molecule has 0 radical (unpaired) electrons. The fourth-order valence-corrected chi connectivity index (χ4v) is 4.93. The van der Waals surface area contributed by atoms with E-state index in [0.29, 0.717) is 17.8 Å². The van der Waals surface area contributed by atoms with Gasteiger partial charge in [0.2, 0.25) is 0 Å². The Morgan fingerprint density at radius 3 is 2.47 bits per heavy atom. The van der Waals surface area contributed by atoms with Crippen LogP contribution in [0.25, 0.3) is 0 Å². The molecule has 3 aromatic rings. The first-order chi connectivity index (χ1) is 18.1. The lowest BCUT2D eigenvalue weighted by atomic mass is 10.1. The van der Waals surface area contributed by atoms with Crippen molar-refractivity contribution in [3.8, 4) is 5.75 Å². The summed E-state index contributed by atoms with van der Waals surface area (Å²) in [4.78, 5) is 55.8. The number of Topliss-reactive ketones (excluding diaryl/α,β-unsaturated/α-hetero) is 1. The van der Waals surface area contributed by atoms with E-state index in [-0.39, 0.29) is 52.9 Å². The Kier molecular flexibility index (Phi) is 9.73.